The first kappa shape index (κ1) is 15.5. The summed E-state index contributed by atoms with van der Waals surface area (Å²) in [5, 5.41) is 2.93. The Balaban J connectivity index is 1.85. The van der Waals surface area contributed by atoms with Crippen LogP contribution in [0.2, 0.25) is 0 Å². The molecule has 0 radical (unpaired) electrons. The second kappa shape index (κ2) is 7.24. The van der Waals surface area contributed by atoms with Gasteiger partial charge in [-0.15, -0.1) is 0 Å². The highest BCUT2D eigenvalue weighted by Crippen LogP contribution is 2.14. The van der Waals surface area contributed by atoms with E-state index in [1.807, 2.05) is 4.90 Å². The van der Waals surface area contributed by atoms with Gasteiger partial charge in [-0.05, 0) is 25.2 Å². The third-order valence-electron chi connectivity index (χ3n) is 3.78. The zero-order chi connectivity index (χ0) is 15.2. The van der Waals surface area contributed by atoms with Crippen molar-refractivity contribution in [3.8, 4) is 0 Å². The highest BCUT2D eigenvalue weighted by Gasteiger charge is 2.24. The molecule has 1 aromatic rings. The maximum Gasteiger partial charge on any atom is 0.273 e. The first-order chi connectivity index (χ1) is 10.1. The standard InChI is InChI=1S/C15H23N3O3/c1-11(2)5-7-18-8-6-12(3-4-14(18)19)17-15(20)13-9-21-10-16-13/h9-12H,3-8H2,1-2H3,(H,17,20). The monoisotopic (exact) mass is 293 g/mol. The van der Waals surface area contributed by atoms with Crippen LogP contribution in [0.3, 0.4) is 0 Å². The molecule has 6 nitrogen and oxygen atoms in total. The Labute approximate surface area is 124 Å². The predicted octanol–water partition coefficient (Wildman–Crippen LogP) is 1.83. The maximum atomic E-state index is 12.1. The van der Waals surface area contributed by atoms with Crippen LogP contribution in [0.4, 0.5) is 0 Å². The Morgan fingerprint density at radius 1 is 1.52 bits per heavy atom. The Morgan fingerprint density at radius 2 is 2.33 bits per heavy atom. The van der Waals surface area contributed by atoms with Crippen molar-refractivity contribution in [1.82, 2.24) is 15.2 Å². The molecule has 1 aliphatic rings. The van der Waals surface area contributed by atoms with Gasteiger partial charge in [0, 0.05) is 25.6 Å². The van der Waals surface area contributed by atoms with E-state index in [-0.39, 0.29) is 23.6 Å². The van der Waals surface area contributed by atoms with Gasteiger partial charge < -0.3 is 14.6 Å². The van der Waals surface area contributed by atoms with E-state index in [4.69, 9.17) is 4.42 Å². The second-order valence-electron chi connectivity index (χ2n) is 5.93. The highest BCUT2D eigenvalue weighted by molar-refractivity contribution is 5.92. The molecule has 1 aromatic heterocycles. The third-order valence-corrected chi connectivity index (χ3v) is 3.78. The van der Waals surface area contributed by atoms with Crippen LogP contribution in [-0.2, 0) is 4.79 Å². The van der Waals surface area contributed by atoms with E-state index in [0.717, 1.165) is 19.4 Å². The van der Waals surface area contributed by atoms with Crippen LogP contribution in [0.1, 0.15) is 50.0 Å². The summed E-state index contributed by atoms with van der Waals surface area (Å²) in [6, 6.07) is 0.0159. The van der Waals surface area contributed by atoms with E-state index < -0.39 is 0 Å². The maximum absolute atomic E-state index is 12.1. The van der Waals surface area contributed by atoms with Crippen LogP contribution in [-0.4, -0.2) is 40.8 Å². The van der Waals surface area contributed by atoms with Crippen molar-refractivity contribution in [3.05, 3.63) is 18.4 Å². The summed E-state index contributed by atoms with van der Waals surface area (Å²) in [6.45, 7) is 5.82. The molecule has 2 amide bonds. The van der Waals surface area contributed by atoms with Crippen molar-refractivity contribution in [2.45, 2.75) is 45.6 Å². The van der Waals surface area contributed by atoms with E-state index >= 15 is 0 Å². The van der Waals surface area contributed by atoms with Gasteiger partial charge in [0.2, 0.25) is 5.91 Å². The van der Waals surface area contributed by atoms with Gasteiger partial charge in [0.25, 0.3) is 5.91 Å². The van der Waals surface area contributed by atoms with Crippen molar-refractivity contribution in [2.75, 3.05) is 13.1 Å². The fraction of sp³-hybridized carbons (Fsp3) is 0.667. The van der Waals surface area contributed by atoms with Crippen LogP contribution in [0.15, 0.2) is 17.1 Å². The molecule has 6 heteroatoms. The van der Waals surface area contributed by atoms with Crippen molar-refractivity contribution in [2.24, 2.45) is 5.92 Å². The molecule has 0 spiro atoms. The molecule has 0 aliphatic carbocycles. The summed E-state index contributed by atoms with van der Waals surface area (Å²) in [6.07, 6.45) is 5.53. The van der Waals surface area contributed by atoms with E-state index in [1.54, 1.807) is 0 Å². The summed E-state index contributed by atoms with van der Waals surface area (Å²) in [5.41, 5.74) is 0.280. The summed E-state index contributed by atoms with van der Waals surface area (Å²) in [4.78, 5) is 29.8. The predicted molar refractivity (Wildman–Crippen MR) is 77.6 cm³/mol. The number of likely N-dealkylation sites (tertiary alicyclic amines) is 1. The van der Waals surface area contributed by atoms with Crippen LogP contribution in [0.25, 0.3) is 0 Å². The molecule has 1 aliphatic heterocycles. The lowest BCUT2D eigenvalue weighted by atomic mass is 10.1. The van der Waals surface area contributed by atoms with Crippen molar-refractivity contribution in [1.29, 1.82) is 0 Å². The van der Waals surface area contributed by atoms with Gasteiger partial charge in [-0.3, -0.25) is 9.59 Å². The quantitative estimate of drug-likeness (QED) is 0.898. The molecule has 1 unspecified atom stereocenters. The number of hydrogen-bond donors (Lipinski definition) is 1. The van der Waals surface area contributed by atoms with E-state index in [0.29, 0.717) is 25.3 Å². The van der Waals surface area contributed by atoms with Crippen molar-refractivity contribution in [3.63, 3.8) is 0 Å². The average Bonchev–Trinajstić information content (AvgIpc) is 2.92. The summed E-state index contributed by atoms with van der Waals surface area (Å²) in [7, 11) is 0. The minimum absolute atomic E-state index is 0.0159. The molecule has 1 fully saturated rings. The van der Waals surface area contributed by atoms with Gasteiger partial charge in [-0.25, -0.2) is 4.98 Å². The smallest absolute Gasteiger partial charge is 0.273 e. The summed E-state index contributed by atoms with van der Waals surface area (Å²) >= 11 is 0. The SMILES string of the molecule is CC(C)CCN1CCC(NC(=O)c2cocn2)CCC1=O. The molecule has 21 heavy (non-hydrogen) atoms. The molecule has 1 atom stereocenters. The Bertz CT molecular complexity index is 471. The van der Waals surface area contributed by atoms with Gasteiger partial charge in [-0.2, -0.15) is 0 Å². The van der Waals surface area contributed by atoms with E-state index in [2.05, 4.69) is 24.1 Å². The molecule has 1 saturated heterocycles. The van der Waals surface area contributed by atoms with Crippen LogP contribution in [0, 0.1) is 5.92 Å². The van der Waals surface area contributed by atoms with Crippen molar-refractivity contribution >= 4 is 11.8 Å². The topological polar surface area (TPSA) is 75.4 Å². The molecule has 2 heterocycles. The highest BCUT2D eigenvalue weighted by atomic mass is 16.3. The number of carbonyl (C=O) groups excluding carboxylic acids is 2. The van der Waals surface area contributed by atoms with E-state index in [1.165, 1.54) is 12.7 Å². The molecule has 0 bridgehead atoms. The molecule has 2 rings (SSSR count). The fourth-order valence-electron chi connectivity index (χ4n) is 2.42. The lowest BCUT2D eigenvalue weighted by Gasteiger charge is -2.22. The number of amides is 2. The Kier molecular flexibility index (Phi) is 5.36. The largest absolute Gasteiger partial charge is 0.451 e. The molecule has 0 saturated carbocycles. The lowest BCUT2D eigenvalue weighted by molar-refractivity contribution is -0.130. The normalized spacial score (nSPS) is 19.7. The molecular weight excluding hydrogens is 270 g/mol. The number of nitrogens with zero attached hydrogens (tertiary/aromatic N) is 2. The number of oxazole rings is 1. The number of aromatic nitrogens is 1. The number of hydrogen-bond acceptors (Lipinski definition) is 4. The first-order valence-electron chi connectivity index (χ1n) is 7.53. The first-order valence-corrected chi connectivity index (χ1v) is 7.53. The van der Waals surface area contributed by atoms with Gasteiger partial charge in [-0.1, -0.05) is 13.8 Å². The van der Waals surface area contributed by atoms with Crippen LogP contribution >= 0.6 is 0 Å². The summed E-state index contributed by atoms with van der Waals surface area (Å²) in [5.74, 6) is 0.536. The van der Waals surface area contributed by atoms with Crippen LogP contribution in [0.5, 0.6) is 0 Å². The number of rotatable bonds is 5. The number of nitrogens with one attached hydrogen (secondary N) is 1. The van der Waals surface area contributed by atoms with Crippen molar-refractivity contribution < 1.29 is 14.0 Å². The molecule has 116 valence electrons. The summed E-state index contributed by atoms with van der Waals surface area (Å²) < 4.78 is 4.80. The Hall–Kier alpha value is -1.85. The minimum Gasteiger partial charge on any atom is -0.451 e. The zero-order valence-corrected chi connectivity index (χ0v) is 12.7. The van der Waals surface area contributed by atoms with E-state index in [9.17, 15) is 9.59 Å². The zero-order valence-electron chi connectivity index (χ0n) is 12.7. The average molecular weight is 293 g/mol. The minimum atomic E-state index is -0.239. The third kappa shape index (κ3) is 4.58. The lowest BCUT2D eigenvalue weighted by Crippen LogP contribution is -2.36. The van der Waals surface area contributed by atoms with Gasteiger partial charge >= 0.3 is 0 Å². The van der Waals surface area contributed by atoms with Gasteiger partial charge in [0.15, 0.2) is 12.1 Å². The van der Waals surface area contributed by atoms with Gasteiger partial charge in [0.1, 0.15) is 6.26 Å². The molecular formula is C15H23N3O3. The Morgan fingerprint density at radius 3 is 3.00 bits per heavy atom. The number of carbonyl (C=O) groups is 2. The van der Waals surface area contributed by atoms with Gasteiger partial charge in [0.05, 0.1) is 0 Å². The molecule has 0 aromatic carbocycles. The fourth-order valence-corrected chi connectivity index (χ4v) is 2.42. The second-order valence-corrected chi connectivity index (χ2v) is 5.93. The van der Waals surface area contributed by atoms with Crippen LogP contribution < -0.4 is 5.32 Å². The molecule has 1 N–H and O–H groups in total.